The summed E-state index contributed by atoms with van der Waals surface area (Å²) in [6.07, 6.45) is 1.94. The topological polar surface area (TPSA) is 78.5 Å². The molecule has 0 saturated heterocycles. The van der Waals surface area contributed by atoms with Crippen molar-refractivity contribution in [3.63, 3.8) is 0 Å². The van der Waals surface area contributed by atoms with Crippen molar-refractivity contribution in [1.82, 2.24) is 15.1 Å². The number of nitrogens with one attached hydrogen (secondary N) is 1. The monoisotopic (exact) mass is 493 g/mol. The van der Waals surface area contributed by atoms with Crippen LogP contribution in [0, 0.1) is 0 Å². The third-order valence-electron chi connectivity index (χ3n) is 5.70. The van der Waals surface area contributed by atoms with Gasteiger partial charge in [-0.1, -0.05) is 48.5 Å². The van der Waals surface area contributed by atoms with Crippen molar-refractivity contribution < 1.29 is 18.7 Å². The lowest BCUT2D eigenvalue weighted by Crippen LogP contribution is -2.22. The minimum Gasteiger partial charge on any atom is -0.494 e. The van der Waals surface area contributed by atoms with Crippen LogP contribution in [0.1, 0.15) is 28.8 Å². The molecule has 0 spiro atoms. The minimum absolute atomic E-state index is 0.212. The highest BCUT2D eigenvalue weighted by Crippen LogP contribution is 2.24. The second-order valence-corrected chi connectivity index (χ2v) is 8.29. The van der Waals surface area contributed by atoms with Gasteiger partial charge in [-0.2, -0.15) is 5.10 Å². The highest BCUT2D eigenvalue weighted by atomic mass is 16.5. The predicted octanol–water partition coefficient (Wildman–Crippen LogP) is 6.04. The summed E-state index contributed by atoms with van der Waals surface area (Å²) in [5.74, 6) is 1.95. The lowest BCUT2D eigenvalue weighted by molar-refractivity contribution is 0.0919. The Kier molecular flexibility index (Phi) is 7.31. The van der Waals surface area contributed by atoms with Gasteiger partial charge in [0.25, 0.3) is 5.91 Å². The van der Waals surface area contributed by atoms with Crippen molar-refractivity contribution in [1.29, 1.82) is 0 Å². The lowest BCUT2D eigenvalue weighted by Gasteiger charge is -2.06. The molecule has 5 aromatic rings. The van der Waals surface area contributed by atoms with E-state index in [0.29, 0.717) is 24.7 Å². The number of rotatable bonds is 10. The zero-order valence-corrected chi connectivity index (χ0v) is 20.5. The average Bonchev–Trinajstić information content (AvgIpc) is 3.60. The molecule has 5 rings (SSSR count). The summed E-state index contributed by atoms with van der Waals surface area (Å²) in [7, 11) is 0. The Hall–Kier alpha value is -4.78. The molecule has 186 valence electrons. The van der Waals surface area contributed by atoms with Gasteiger partial charge in [0.2, 0.25) is 0 Å². The normalized spacial score (nSPS) is 10.7. The fraction of sp³-hybridized carbons (Fsp3) is 0.133. The molecule has 7 nitrogen and oxygen atoms in total. The first-order valence-corrected chi connectivity index (χ1v) is 12.1. The van der Waals surface area contributed by atoms with E-state index >= 15 is 0 Å². The van der Waals surface area contributed by atoms with Gasteiger partial charge in [0.1, 0.15) is 23.9 Å². The molecule has 0 fully saturated rings. The van der Waals surface area contributed by atoms with Crippen LogP contribution in [0.2, 0.25) is 0 Å². The van der Waals surface area contributed by atoms with Gasteiger partial charge in [0.05, 0.1) is 18.0 Å². The molecular formula is C30H27N3O4. The third kappa shape index (κ3) is 5.90. The van der Waals surface area contributed by atoms with Crippen LogP contribution < -0.4 is 14.8 Å². The van der Waals surface area contributed by atoms with E-state index in [0.717, 1.165) is 28.3 Å². The van der Waals surface area contributed by atoms with Crippen LogP contribution in [0.25, 0.3) is 16.9 Å². The molecular weight excluding hydrogens is 466 g/mol. The molecule has 3 aromatic carbocycles. The van der Waals surface area contributed by atoms with Crippen LogP contribution in [0.4, 0.5) is 0 Å². The van der Waals surface area contributed by atoms with Crippen molar-refractivity contribution in [3.8, 4) is 28.4 Å². The summed E-state index contributed by atoms with van der Waals surface area (Å²) in [5.41, 5.74) is 3.64. The number of ether oxygens (including phenoxy) is 2. The Labute approximate surface area is 215 Å². The van der Waals surface area contributed by atoms with Crippen LogP contribution >= 0.6 is 0 Å². The average molecular weight is 494 g/mol. The molecule has 0 bridgehead atoms. The molecule has 0 aliphatic rings. The highest BCUT2D eigenvalue weighted by Gasteiger charge is 2.16. The van der Waals surface area contributed by atoms with Crippen LogP contribution in [-0.4, -0.2) is 22.3 Å². The van der Waals surface area contributed by atoms with Crippen LogP contribution in [0.5, 0.6) is 11.5 Å². The Morgan fingerprint density at radius 3 is 2.24 bits per heavy atom. The van der Waals surface area contributed by atoms with Gasteiger partial charge in [0, 0.05) is 23.9 Å². The van der Waals surface area contributed by atoms with Gasteiger partial charge >= 0.3 is 0 Å². The smallest absolute Gasteiger partial charge is 0.287 e. The number of para-hydroxylation sites is 1. The highest BCUT2D eigenvalue weighted by molar-refractivity contribution is 5.91. The zero-order chi connectivity index (χ0) is 25.5. The fourth-order valence-corrected chi connectivity index (χ4v) is 3.88. The SMILES string of the molecule is CCOc1ccc(OCc2ccc(C(=O)NCc3cn(-c4ccccc4)nc3-c3ccccc3)o2)cc1. The summed E-state index contributed by atoms with van der Waals surface area (Å²) in [6.45, 7) is 3.06. The first-order valence-electron chi connectivity index (χ1n) is 12.1. The van der Waals surface area contributed by atoms with E-state index in [1.165, 1.54) is 0 Å². The van der Waals surface area contributed by atoms with E-state index in [-0.39, 0.29) is 18.3 Å². The second-order valence-electron chi connectivity index (χ2n) is 8.29. The maximum atomic E-state index is 12.8. The molecule has 1 N–H and O–H groups in total. The molecule has 2 heterocycles. The quantitative estimate of drug-likeness (QED) is 0.257. The first kappa shape index (κ1) is 23.9. The third-order valence-corrected chi connectivity index (χ3v) is 5.70. The van der Waals surface area contributed by atoms with E-state index in [2.05, 4.69) is 5.32 Å². The molecule has 0 aliphatic carbocycles. The molecule has 0 radical (unpaired) electrons. The van der Waals surface area contributed by atoms with Crippen LogP contribution in [0.15, 0.2) is 108 Å². The van der Waals surface area contributed by atoms with E-state index in [9.17, 15) is 4.79 Å². The summed E-state index contributed by atoms with van der Waals surface area (Å²) in [6, 6.07) is 30.6. The van der Waals surface area contributed by atoms with E-state index in [1.807, 2.05) is 103 Å². The summed E-state index contributed by atoms with van der Waals surface area (Å²) in [4.78, 5) is 12.8. The number of hydrogen-bond donors (Lipinski definition) is 1. The molecule has 2 aromatic heterocycles. The second kappa shape index (κ2) is 11.3. The van der Waals surface area contributed by atoms with Gasteiger partial charge in [-0.25, -0.2) is 4.68 Å². The van der Waals surface area contributed by atoms with Gasteiger partial charge in [-0.05, 0) is 55.5 Å². The number of benzene rings is 3. The largest absolute Gasteiger partial charge is 0.494 e. The molecule has 0 saturated carbocycles. The molecule has 0 unspecified atom stereocenters. The number of nitrogens with zero attached hydrogens (tertiary/aromatic N) is 2. The van der Waals surface area contributed by atoms with E-state index in [4.69, 9.17) is 19.0 Å². The number of hydrogen-bond acceptors (Lipinski definition) is 5. The van der Waals surface area contributed by atoms with Crippen molar-refractivity contribution in [2.75, 3.05) is 6.61 Å². The van der Waals surface area contributed by atoms with Crippen LogP contribution in [-0.2, 0) is 13.2 Å². The zero-order valence-electron chi connectivity index (χ0n) is 20.5. The van der Waals surface area contributed by atoms with Crippen molar-refractivity contribution in [2.24, 2.45) is 0 Å². The number of aromatic nitrogens is 2. The summed E-state index contributed by atoms with van der Waals surface area (Å²) in [5, 5.41) is 7.75. The van der Waals surface area contributed by atoms with E-state index in [1.54, 1.807) is 12.1 Å². The Morgan fingerprint density at radius 2 is 1.54 bits per heavy atom. The molecule has 0 aliphatic heterocycles. The summed E-state index contributed by atoms with van der Waals surface area (Å²) >= 11 is 0. The van der Waals surface area contributed by atoms with Crippen molar-refractivity contribution in [3.05, 3.63) is 120 Å². The standard InChI is InChI=1S/C30H27N3O4/c1-2-35-25-13-15-26(16-14-25)36-21-27-17-18-28(37-27)30(34)31-19-23-20-33(24-11-7-4-8-12-24)32-29(23)22-9-5-3-6-10-22/h3-18,20H,2,19,21H2,1H3,(H,31,34). The van der Waals surface area contributed by atoms with Gasteiger partial charge in [0.15, 0.2) is 5.76 Å². The van der Waals surface area contributed by atoms with Crippen molar-refractivity contribution >= 4 is 5.91 Å². The minimum atomic E-state index is -0.307. The maximum absolute atomic E-state index is 12.8. The Balaban J connectivity index is 1.24. The van der Waals surface area contributed by atoms with Crippen LogP contribution in [0.3, 0.4) is 0 Å². The maximum Gasteiger partial charge on any atom is 0.287 e. The molecule has 1 amide bonds. The van der Waals surface area contributed by atoms with Gasteiger partial charge < -0.3 is 19.2 Å². The first-order chi connectivity index (χ1) is 18.2. The predicted molar refractivity (Wildman–Crippen MR) is 141 cm³/mol. The number of furan rings is 1. The molecule has 7 heteroatoms. The van der Waals surface area contributed by atoms with Gasteiger partial charge in [-0.15, -0.1) is 0 Å². The lowest BCUT2D eigenvalue weighted by atomic mass is 10.1. The number of carbonyl (C=O) groups excluding carboxylic acids is 1. The Bertz CT molecular complexity index is 1440. The number of carbonyl (C=O) groups is 1. The fourth-order valence-electron chi connectivity index (χ4n) is 3.88. The van der Waals surface area contributed by atoms with Gasteiger partial charge in [-0.3, -0.25) is 4.79 Å². The molecule has 0 atom stereocenters. The number of amides is 1. The van der Waals surface area contributed by atoms with Crippen molar-refractivity contribution in [2.45, 2.75) is 20.1 Å². The molecule has 37 heavy (non-hydrogen) atoms. The Morgan fingerprint density at radius 1 is 0.865 bits per heavy atom. The van der Waals surface area contributed by atoms with E-state index < -0.39 is 0 Å². The summed E-state index contributed by atoms with van der Waals surface area (Å²) < 4.78 is 18.8.